The minimum atomic E-state index is 0.635. The molecule has 24 heavy (non-hydrogen) atoms. The van der Waals surface area contributed by atoms with Crippen LogP contribution in [0.25, 0.3) is 44.5 Å². The Morgan fingerprint density at radius 2 is 1.42 bits per heavy atom. The molecule has 0 radical (unpaired) electrons. The molecule has 1 N–H and O–H groups in total. The summed E-state index contributed by atoms with van der Waals surface area (Å²) in [6, 6.07) is 19.5. The van der Waals surface area contributed by atoms with Gasteiger partial charge in [-0.05, 0) is 36.4 Å². The quantitative estimate of drug-likeness (QED) is 0.441. The molecule has 0 saturated carbocycles. The SMILES string of the molecule is Clc1ccccc1-c1nc2cc3nc4ccccc4[nH]c3cc2n1. The Hall–Kier alpha value is -2.98. The summed E-state index contributed by atoms with van der Waals surface area (Å²) in [5.41, 5.74) is 6.20. The van der Waals surface area contributed by atoms with Gasteiger partial charge in [-0.1, -0.05) is 35.9 Å². The first-order valence-electron chi connectivity index (χ1n) is 7.59. The summed E-state index contributed by atoms with van der Waals surface area (Å²) >= 11 is 6.26. The molecule has 0 spiro atoms. The molecule has 0 fully saturated rings. The lowest BCUT2D eigenvalue weighted by Gasteiger charge is -2.01. The summed E-state index contributed by atoms with van der Waals surface area (Å²) in [7, 11) is 0. The first-order chi connectivity index (χ1) is 11.8. The molecule has 0 aliphatic heterocycles. The average molecular weight is 331 g/mol. The van der Waals surface area contributed by atoms with Gasteiger partial charge in [-0.25, -0.2) is 15.0 Å². The zero-order valence-electron chi connectivity index (χ0n) is 12.5. The van der Waals surface area contributed by atoms with Crippen molar-refractivity contribution in [3.8, 4) is 11.4 Å². The van der Waals surface area contributed by atoms with E-state index < -0.39 is 0 Å². The van der Waals surface area contributed by atoms with E-state index in [9.17, 15) is 0 Å². The predicted molar refractivity (Wildman–Crippen MR) is 97.1 cm³/mol. The molecular formula is C19H11ClN4. The topological polar surface area (TPSA) is 54.5 Å². The van der Waals surface area contributed by atoms with Crippen LogP contribution in [-0.4, -0.2) is 19.9 Å². The van der Waals surface area contributed by atoms with E-state index in [-0.39, 0.29) is 0 Å². The Morgan fingerprint density at radius 3 is 2.29 bits per heavy atom. The van der Waals surface area contributed by atoms with E-state index in [4.69, 9.17) is 16.6 Å². The third-order valence-corrected chi connectivity index (χ3v) is 4.40. The fourth-order valence-electron chi connectivity index (χ4n) is 2.91. The van der Waals surface area contributed by atoms with Gasteiger partial charge in [0.1, 0.15) is 0 Å². The maximum absolute atomic E-state index is 6.26. The van der Waals surface area contributed by atoms with Crippen LogP contribution in [-0.2, 0) is 0 Å². The van der Waals surface area contributed by atoms with Gasteiger partial charge in [0.05, 0.1) is 38.1 Å². The van der Waals surface area contributed by atoms with E-state index in [0.29, 0.717) is 10.8 Å². The maximum Gasteiger partial charge on any atom is 0.162 e. The molecule has 4 nitrogen and oxygen atoms in total. The molecule has 0 aliphatic carbocycles. The Bertz CT molecular complexity index is 1150. The summed E-state index contributed by atoms with van der Waals surface area (Å²) in [5, 5.41) is 0.646. The minimum absolute atomic E-state index is 0.635. The van der Waals surface area contributed by atoms with Crippen LogP contribution in [0.3, 0.4) is 0 Å². The van der Waals surface area contributed by atoms with E-state index >= 15 is 0 Å². The van der Waals surface area contributed by atoms with Crippen LogP contribution in [0.2, 0.25) is 5.02 Å². The Morgan fingerprint density at radius 1 is 0.667 bits per heavy atom. The second kappa shape index (κ2) is 5.01. The number of H-pyrrole nitrogens is 1. The van der Waals surface area contributed by atoms with E-state index in [0.717, 1.165) is 38.7 Å². The van der Waals surface area contributed by atoms with Crippen molar-refractivity contribution in [2.75, 3.05) is 0 Å². The number of fused-ring (bicyclic) bond motifs is 3. The van der Waals surface area contributed by atoms with Gasteiger partial charge in [-0.3, -0.25) is 0 Å². The van der Waals surface area contributed by atoms with Gasteiger partial charge < -0.3 is 4.98 Å². The second-order valence-electron chi connectivity index (χ2n) is 5.64. The number of nitrogens with zero attached hydrogens (tertiary/aromatic N) is 3. The number of hydrogen-bond acceptors (Lipinski definition) is 3. The predicted octanol–water partition coefficient (Wildman–Crippen LogP) is 4.98. The number of rotatable bonds is 1. The van der Waals surface area contributed by atoms with Gasteiger partial charge in [0.15, 0.2) is 5.82 Å². The number of aromatic amines is 1. The number of nitrogens with one attached hydrogen (secondary N) is 1. The average Bonchev–Trinajstić information content (AvgIpc) is 3.00. The summed E-state index contributed by atoms with van der Waals surface area (Å²) in [4.78, 5) is 17.4. The van der Waals surface area contributed by atoms with Crippen molar-refractivity contribution < 1.29 is 0 Å². The second-order valence-corrected chi connectivity index (χ2v) is 6.05. The number of benzene rings is 3. The Labute approximate surface area is 142 Å². The summed E-state index contributed by atoms with van der Waals surface area (Å²) in [5.74, 6) is 0.635. The lowest BCUT2D eigenvalue weighted by Crippen LogP contribution is -1.87. The van der Waals surface area contributed by atoms with Crippen LogP contribution in [0, 0.1) is 0 Å². The molecule has 2 aromatic heterocycles. The lowest BCUT2D eigenvalue weighted by molar-refractivity contribution is 1.34. The standard InChI is InChI=1S/C19H11ClN4/c20-12-6-2-1-5-11(12)19-23-17-9-15-16(10-18(17)24-19)22-14-8-4-3-7-13(14)21-15/h1-10,21H. The Balaban J connectivity index is 1.78. The molecule has 114 valence electrons. The highest BCUT2D eigenvalue weighted by Crippen LogP contribution is 2.28. The Kier molecular flexibility index (Phi) is 2.81. The fraction of sp³-hybridized carbons (Fsp3) is 0. The highest BCUT2D eigenvalue weighted by atomic mass is 35.5. The summed E-state index contributed by atoms with van der Waals surface area (Å²) in [6.45, 7) is 0. The van der Waals surface area contributed by atoms with Crippen LogP contribution in [0.1, 0.15) is 0 Å². The molecule has 0 bridgehead atoms. The van der Waals surface area contributed by atoms with Gasteiger partial charge in [0.25, 0.3) is 0 Å². The van der Waals surface area contributed by atoms with Crippen molar-refractivity contribution in [1.29, 1.82) is 0 Å². The third kappa shape index (κ3) is 2.04. The third-order valence-electron chi connectivity index (χ3n) is 4.07. The van der Waals surface area contributed by atoms with E-state index in [1.807, 2.05) is 60.7 Å². The first kappa shape index (κ1) is 13.5. The molecule has 0 amide bonds. The van der Waals surface area contributed by atoms with Crippen molar-refractivity contribution in [3.05, 3.63) is 65.7 Å². The van der Waals surface area contributed by atoms with Gasteiger partial charge in [-0.2, -0.15) is 0 Å². The van der Waals surface area contributed by atoms with Crippen molar-refractivity contribution in [2.45, 2.75) is 0 Å². The van der Waals surface area contributed by atoms with Crippen LogP contribution >= 0.6 is 11.6 Å². The number of hydrogen-bond donors (Lipinski definition) is 1. The van der Waals surface area contributed by atoms with Gasteiger partial charge in [0.2, 0.25) is 0 Å². The summed E-state index contributed by atoms with van der Waals surface area (Å²) in [6.07, 6.45) is 0. The largest absolute Gasteiger partial charge is 0.352 e. The van der Waals surface area contributed by atoms with Crippen molar-refractivity contribution in [3.63, 3.8) is 0 Å². The highest BCUT2D eigenvalue weighted by Gasteiger charge is 2.11. The molecule has 3 aromatic carbocycles. The van der Waals surface area contributed by atoms with E-state index in [1.54, 1.807) is 0 Å². The van der Waals surface area contributed by atoms with Gasteiger partial charge >= 0.3 is 0 Å². The highest BCUT2D eigenvalue weighted by molar-refractivity contribution is 6.33. The van der Waals surface area contributed by atoms with Crippen LogP contribution < -0.4 is 0 Å². The van der Waals surface area contributed by atoms with Crippen LogP contribution in [0.4, 0.5) is 0 Å². The van der Waals surface area contributed by atoms with Gasteiger partial charge in [0, 0.05) is 5.56 Å². The van der Waals surface area contributed by atoms with E-state index in [2.05, 4.69) is 15.0 Å². The first-order valence-corrected chi connectivity index (χ1v) is 7.97. The van der Waals surface area contributed by atoms with Gasteiger partial charge in [-0.15, -0.1) is 0 Å². The minimum Gasteiger partial charge on any atom is -0.352 e. The number of para-hydroxylation sites is 2. The molecule has 5 aromatic rings. The molecule has 0 atom stereocenters. The molecule has 2 heterocycles. The van der Waals surface area contributed by atoms with Crippen LogP contribution in [0.5, 0.6) is 0 Å². The zero-order chi connectivity index (χ0) is 16.1. The molecule has 0 unspecified atom stereocenters. The molecule has 0 aliphatic rings. The lowest BCUT2D eigenvalue weighted by atomic mass is 10.2. The van der Waals surface area contributed by atoms with Crippen molar-refractivity contribution >= 4 is 44.7 Å². The normalized spacial score (nSPS) is 11.5. The smallest absolute Gasteiger partial charge is 0.162 e. The summed E-state index contributed by atoms with van der Waals surface area (Å²) < 4.78 is 0. The molecule has 5 rings (SSSR count). The van der Waals surface area contributed by atoms with Crippen molar-refractivity contribution in [2.24, 2.45) is 0 Å². The van der Waals surface area contributed by atoms with Crippen molar-refractivity contribution in [1.82, 2.24) is 19.9 Å². The number of aromatic nitrogens is 4. The van der Waals surface area contributed by atoms with E-state index in [1.165, 1.54) is 0 Å². The molecular weight excluding hydrogens is 320 g/mol. The monoisotopic (exact) mass is 330 g/mol. The molecule has 0 saturated heterocycles. The maximum atomic E-state index is 6.26. The zero-order valence-corrected chi connectivity index (χ0v) is 13.2. The molecule has 5 heteroatoms. The fourth-order valence-corrected chi connectivity index (χ4v) is 3.13. The number of halogens is 1. The number of imidazole rings is 1. The van der Waals surface area contributed by atoms with Crippen LogP contribution in [0.15, 0.2) is 60.7 Å².